The molecule has 0 atom stereocenters. The number of aryl methyl sites for hydroxylation is 1. The number of aromatic nitrogens is 2. The molecule has 0 saturated carbocycles. The highest BCUT2D eigenvalue weighted by Crippen LogP contribution is 2.28. The van der Waals surface area contributed by atoms with Crippen molar-refractivity contribution in [3.8, 4) is 11.5 Å². The predicted octanol–water partition coefficient (Wildman–Crippen LogP) is 4.75. The minimum Gasteiger partial charge on any atom is -0.455 e. The third-order valence-corrected chi connectivity index (χ3v) is 3.48. The van der Waals surface area contributed by atoms with Gasteiger partial charge in [0.25, 0.3) is 0 Å². The van der Waals surface area contributed by atoms with Crippen LogP contribution in [0.15, 0.2) is 53.3 Å². The Bertz CT molecular complexity index is 758. The Morgan fingerprint density at radius 1 is 1.15 bits per heavy atom. The lowest BCUT2D eigenvalue weighted by atomic mass is 10.2. The van der Waals surface area contributed by atoms with Gasteiger partial charge in [0.2, 0.25) is 0 Å². The van der Waals surface area contributed by atoms with E-state index in [1.165, 1.54) is 5.56 Å². The topological polar surface area (TPSA) is 35.0 Å². The average Bonchev–Trinajstić information content (AvgIpc) is 2.47. The molecule has 0 aliphatic heterocycles. The molecular formula is C16H13BrN2O. The van der Waals surface area contributed by atoms with E-state index < -0.39 is 0 Å². The molecule has 0 aliphatic carbocycles. The van der Waals surface area contributed by atoms with Crippen molar-refractivity contribution in [2.45, 2.75) is 13.3 Å². The van der Waals surface area contributed by atoms with Gasteiger partial charge in [0.15, 0.2) is 5.75 Å². The number of rotatable bonds is 3. The minimum absolute atomic E-state index is 0.718. The molecule has 2 aromatic heterocycles. The van der Waals surface area contributed by atoms with Gasteiger partial charge in [-0.05, 0) is 46.1 Å². The van der Waals surface area contributed by atoms with Crippen LogP contribution >= 0.6 is 15.9 Å². The predicted molar refractivity (Wildman–Crippen MR) is 83.1 cm³/mol. The smallest absolute Gasteiger partial charge is 0.156 e. The fraction of sp³-hybridized carbons (Fsp3) is 0.125. The number of nitrogens with zero attached hydrogens (tertiary/aromatic N) is 2. The van der Waals surface area contributed by atoms with Gasteiger partial charge in [0, 0.05) is 22.9 Å². The Kier molecular flexibility index (Phi) is 3.65. The summed E-state index contributed by atoms with van der Waals surface area (Å²) in [4.78, 5) is 8.69. The first-order chi connectivity index (χ1) is 9.76. The van der Waals surface area contributed by atoms with Crippen LogP contribution in [0.1, 0.15) is 12.5 Å². The van der Waals surface area contributed by atoms with E-state index in [-0.39, 0.29) is 0 Å². The normalized spacial score (nSPS) is 10.7. The van der Waals surface area contributed by atoms with Crippen molar-refractivity contribution in [1.29, 1.82) is 0 Å². The highest BCUT2D eigenvalue weighted by atomic mass is 79.9. The molecule has 4 heteroatoms. The molecule has 0 unspecified atom stereocenters. The first-order valence-corrected chi connectivity index (χ1v) is 7.22. The van der Waals surface area contributed by atoms with Gasteiger partial charge < -0.3 is 4.74 Å². The fourth-order valence-corrected chi connectivity index (χ4v) is 2.34. The van der Waals surface area contributed by atoms with Crippen molar-refractivity contribution >= 4 is 27.0 Å². The van der Waals surface area contributed by atoms with E-state index in [0.29, 0.717) is 0 Å². The first kappa shape index (κ1) is 13.1. The van der Waals surface area contributed by atoms with Crippen LogP contribution in [0.3, 0.4) is 0 Å². The number of hydrogen-bond acceptors (Lipinski definition) is 3. The minimum atomic E-state index is 0.718. The standard InChI is InChI=1S/C16H13BrN2O/c1-2-11-4-3-5-13(8-11)20-15-6-7-18-14-9-12(17)10-19-16(14)15/h3-10H,2H2,1H3. The summed E-state index contributed by atoms with van der Waals surface area (Å²) in [5, 5.41) is 0. The number of hydrogen-bond donors (Lipinski definition) is 0. The second-order valence-electron chi connectivity index (χ2n) is 4.43. The van der Waals surface area contributed by atoms with Crippen molar-refractivity contribution in [3.05, 3.63) is 58.8 Å². The maximum Gasteiger partial charge on any atom is 0.156 e. The van der Waals surface area contributed by atoms with Gasteiger partial charge in [-0.15, -0.1) is 0 Å². The van der Waals surface area contributed by atoms with Gasteiger partial charge in [0.1, 0.15) is 11.3 Å². The van der Waals surface area contributed by atoms with Gasteiger partial charge in [-0.1, -0.05) is 19.1 Å². The molecule has 100 valence electrons. The molecule has 0 amide bonds. The van der Waals surface area contributed by atoms with Gasteiger partial charge in [-0.25, -0.2) is 4.98 Å². The summed E-state index contributed by atoms with van der Waals surface area (Å²) >= 11 is 3.40. The molecule has 0 fully saturated rings. The zero-order valence-electron chi connectivity index (χ0n) is 11.0. The lowest BCUT2D eigenvalue weighted by Gasteiger charge is -2.09. The summed E-state index contributed by atoms with van der Waals surface area (Å²) in [5.41, 5.74) is 2.82. The van der Waals surface area contributed by atoms with Crippen LogP contribution in [-0.4, -0.2) is 9.97 Å². The molecule has 0 saturated heterocycles. The average molecular weight is 329 g/mol. The summed E-state index contributed by atoms with van der Waals surface area (Å²) in [6.45, 7) is 2.13. The largest absolute Gasteiger partial charge is 0.455 e. The van der Waals surface area contributed by atoms with E-state index in [9.17, 15) is 0 Å². The number of pyridine rings is 2. The molecule has 3 rings (SSSR count). The van der Waals surface area contributed by atoms with Crippen LogP contribution in [0.4, 0.5) is 0 Å². The van der Waals surface area contributed by atoms with Crippen LogP contribution in [-0.2, 0) is 6.42 Å². The monoisotopic (exact) mass is 328 g/mol. The van der Waals surface area contributed by atoms with E-state index in [1.54, 1.807) is 12.4 Å². The Morgan fingerprint density at radius 2 is 2.05 bits per heavy atom. The molecule has 0 aliphatic rings. The lowest BCUT2D eigenvalue weighted by Crippen LogP contribution is -1.91. The number of fused-ring (bicyclic) bond motifs is 1. The van der Waals surface area contributed by atoms with Gasteiger partial charge in [-0.3, -0.25) is 4.98 Å². The molecule has 0 radical (unpaired) electrons. The van der Waals surface area contributed by atoms with Crippen LogP contribution in [0.25, 0.3) is 11.0 Å². The van der Waals surface area contributed by atoms with Crippen LogP contribution in [0, 0.1) is 0 Å². The van der Waals surface area contributed by atoms with Gasteiger partial charge in [-0.2, -0.15) is 0 Å². The van der Waals surface area contributed by atoms with Crippen LogP contribution in [0.5, 0.6) is 11.5 Å². The second-order valence-corrected chi connectivity index (χ2v) is 5.35. The Hall–Kier alpha value is -1.94. The highest BCUT2D eigenvalue weighted by molar-refractivity contribution is 9.10. The fourth-order valence-electron chi connectivity index (χ4n) is 2.02. The Labute approximate surface area is 125 Å². The van der Waals surface area contributed by atoms with Crippen molar-refractivity contribution in [2.24, 2.45) is 0 Å². The third kappa shape index (κ3) is 2.65. The molecule has 2 heterocycles. The second kappa shape index (κ2) is 5.59. The highest BCUT2D eigenvalue weighted by Gasteiger charge is 2.06. The van der Waals surface area contributed by atoms with E-state index in [0.717, 1.165) is 33.4 Å². The van der Waals surface area contributed by atoms with Crippen molar-refractivity contribution < 1.29 is 4.74 Å². The molecule has 3 nitrogen and oxygen atoms in total. The Morgan fingerprint density at radius 3 is 2.90 bits per heavy atom. The summed E-state index contributed by atoms with van der Waals surface area (Å²) in [5.74, 6) is 1.54. The summed E-state index contributed by atoms with van der Waals surface area (Å²) in [6, 6.07) is 11.9. The molecule has 3 aromatic rings. The SMILES string of the molecule is CCc1cccc(Oc2ccnc3cc(Br)cnc23)c1. The van der Waals surface area contributed by atoms with E-state index in [2.05, 4.69) is 38.9 Å². The van der Waals surface area contributed by atoms with Crippen LogP contribution < -0.4 is 4.74 Å². The maximum atomic E-state index is 5.96. The number of halogens is 1. The zero-order chi connectivity index (χ0) is 13.9. The number of benzene rings is 1. The quantitative estimate of drug-likeness (QED) is 0.696. The van der Waals surface area contributed by atoms with E-state index in [1.807, 2.05) is 30.3 Å². The van der Waals surface area contributed by atoms with Crippen molar-refractivity contribution in [3.63, 3.8) is 0 Å². The van der Waals surface area contributed by atoms with E-state index in [4.69, 9.17) is 4.74 Å². The van der Waals surface area contributed by atoms with Gasteiger partial charge in [0.05, 0.1) is 5.52 Å². The molecule has 0 spiro atoms. The van der Waals surface area contributed by atoms with Gasteiger partial charge >= 0.3 is 0 Å². The molecule has 20 heavy (non-hydrogen) atoms. The zero-order valence-corrected chi connectivity index (χ0v) is 12.6. The first-order valence-electron chi connectivity index (χ1n) is 6.43. The maximum absolute atomic E-state index is 5.96. The van der Waals surface area contributed by atoms with Crippen molar-refractivity contribution in [1.82, 2.24) is 9.97 Å². The summed E-state index contributed by atoms with van der Waals surface area (Å²) in [7, 11) is 0. The third-order valence-electron chi connectivity index (χ3n) is 3.04. The number of ether oxygens (including phenoxy) is 1. The molecule has 0 N–H and O–H groups in total. The molecular weight excluding hydrogens is 316 g/mol. The van der Waals surface area contributed by atoms with E-state index >= 15 is 0 Å². The lowest BCUT2D eigenvalue weighted by molar-refractivity contribution is 0.486. The Balaban J connectivity index is 2.02. The summed E-state index contributed by atoms with van der Waals surface area (Å²) < 4.78 is 6.86. The molecule has 1 aromatic carbocycles. The molecule has 0 bridgehead atoms. The summed E-state index contributed by atoms with van der Waals surface area (Å²) in [6.07, 6.45) is 4.47. The van der Waals surface area contributed by atoms with Crippen LogP contribution in [0.2, 0.25) is 0 Å². The van der Waals surface area contributed by atoms with Crippen molar-refractivity contribution in [2.75, 3.05) is 0 Å².